The number of halogens is 1. The molecule has 0 aromatic heterocycles. The van der Waals surface area contributed by atoms with E-state index in [9.17, 15) is 4.79 Å². The highest BCUT2D eigenvalue weighted by Crippen LogP contribution is 2.26. The Morgan fingerprint density at radius 3 is 3.08 bits per heavy atom. The lowest BCUT2D eigenvalue weighted by molar-refractivity contribution is -0.146. The molecule has 0 radical (unpaired) electrons. The van der Waals surface area contributed by atoms with Crippen molar-refractivity contribution >= 4 is 28.6 Å². The molecule has 1 rings (SSSR count). The highest BCUT2D eigenvalue weighted by Gasteiger charge is 2.22. The van der Waals surface area contributed by atoms with Crippen LogP contribution in [0.1, 0.15) is 19.3 Å². The first-order valence-corrected chi connectivity index (χ1v) is 5.12. The molecule has 1 heterocycles. The van der Waals surface area contributed by atoms with Gasteiger partial charge in [0.1, 0.15) is 4.11 Å². The van der Waals surface area contributed by atoms with Crippen molar-refractivity contribution in [2.75, 3.05) is 6.61 Å². The van der Waals surface area contributed by atoms with Gasteiger partial charge in [-0.1, -0.05) is 22.6 Å². The SMILES string of the molecule is NOC(=O)CC1CCO[C@H](I)C1. The minimum atomic E-state index is -0.328. The van der Waals surface area contributed by atoms with Gasteiger partial charge in [0, 0.05) is 6.61 Å². The van der Waals surface area contributed by atoms with E-state index in [4.69, 9.17) is 10.6 Å². The van der Waals surface area contributed by atoms with Crippen molar-refractivity contribution in [1.29, 1.82) is 0 Å². The van der Waals surface area contributed by atoms with Crippen molar-refractivity contribution in [1.82, 2.24) is 0 Å². The van der Waals surface area contributed by atoms with Gasteiger partial charge in [-0.15, -0.1) is 0 Å². The molecule has 0 spiro atoms. The topological polar surface area (TPSA) is 61.5 Å². The molecular formula is C7H12INO3. The largest absolute Gasteiger partial charge is 0.373 e. The minimum absolute atomic E-state index is 0.229. The summed E-state index contributed by atoms with van der Waals surface area (Å²) in [6.45, 7) is 0.732. The second-order valence-electron chi connectivity index (χ2n) is 2.87. The fraction of sp³-hybridized carbons (Fsp3) is 0.857. The number of carbonyl (C=O) groups is 1. The molecule has 2 N–H and O–H groups in total. The summed E-state index contributed by atoms with van der Waals surface area (Å²) in [6, 6.07) is 0. The van der Waals surface area contributed by atoms with Gasteiger partial charge in [0.25, 0.3) is 0 Å². The smallest absolute Gasteiger partial charge is 0.324 e. The second-order valence-corrected chi connectivity index (χ2v) is 4.25. The van der Waals surface area contributed by atoms with Crippen LogP contribution in [0.25, 0.3) is 0 Å². The molecule has 70 valence electrons. The van der Waals surface area contributed by atoms with Gasteiger partial charge < -0.3 is 9.57 Å². The van der Waals surface area contributed by atoms with E-state index in [1.807, 2.05) is 0 Å². The lowest BCUT2D eigenvalue weighted by Crippen LogP contribution is -2.24. The highest BCUT2D eigenvalue weighted by atomic mass is 127. The third kappa shape index (κ3) is 3.24. The zero-order valence-electron chi connectivity index (χ0n) is 6.66. The number of rotatable bonds is 2. The third-order valence-electron chi connectivity index (χ3n) is 1.93. The van der Waals surface area contributed by atoms with E-state index < -0.39 is 0 Å². The van der Waals surface area contributed by atoms with E-state index in [1.54, 1.807) is 0 Å². The monoisotopic (exact) mass is 285 g/mol. The first-order chi connectivity index (χ1) is 5.72. The average Bonchev–Trinajstić information content (AvgIpc) is 2.04. The summed E-state index contributed by atoms with van der Waals surface area (Å²) in [5.41, 5.74) is 0. The van der Waals surface area contributed by atoms with Gasteiger partial charge in [-0.3, -0.25) is 4.79 Å². The summed E-state index contributed by atoms with van der Waals surface area (Å²) in [5.74, 6) is 4.78. The van der Waals surface area contributed by atoms with Crippen LogP contribution in [0, 0.1) is 5.92 Å². The fourth-order valence-electron chi connectivity index (χ4n) is 1.28. The molecule has 2 atom stereocenters. The Kier molecular flexibility index (Phi) is 4.24. The van der Waals surface area contributed by atoms with Crippen LogP contribution in [0.15, 0.2) is 0 Å². The standard InChI is InChI=1S/C7H12INO3/c8-6-3-5(1-2-11-6)4-7(10)12-9/h5-6H,1-4,9H2/t5?,6-/m0/s1. The Bertz CT molecular complexity index is 165. The molecular weight excluding hydrogens is 273 g/mol. The van der Waals surface area contributed by atoms with Gasteiger partial charge in [0.05, 0.1) is 6.42 Å². The molecule has 5 heteroatoms. The summed E-state index contributed by atoms with van der Waals surface area (Å²) in [5, 5.41) is 0. The first kappa shape index (κ1) is 10.2. The van der Waals surface area contributed by atoms with Gasteiger partial charge in [-0.25, -0.2) is 0 Å². The van der Waals surface area contributed by atoms with Crippen molar-refractivity contribution in [3.63, 3.8) is 0 Å². The van der Waals surface area contributed by atoms with E-state index in [0.717, 1.165) is 19.4 Å². The van der Waals surface area contributed by atoms with Gasteiger partial charge in [0.15, 0.2) is 0 Å². The highest BCUT2D eigenvalue weighted by molar-refractivity contribution is 14.1. The van der Waals surface area contributed by atoms with Crippen LogP contribution in [-0.4, -0.2) is 16.7 Å². The normalized spacial score (nSPS) is 29.8. The number of alkyl halides is 1. The molecule has 12 heavy (non-hydrogen) atoms. The number of carbonyl (C=O) groups excluding carboxylic acids is 1. The lowest BCUT2D eigenvalue weighted by atomic mass is 9.97. The van der Waals surface area contributed by atoms with E-state index >= 15 is 0 Å². The van der Waals surface area contributed by atoms with Crippen LogP contribution in [0.3, 0.4) is 0 Å². The Labute approximate surface area is 84.9 Å². The van der Waals surface area contributed by atoms with Crippen LogP contribution in [0.4, 0.5) is 0 Å². The van der Waals surface area contributed by atoms with Crippen LogP contribution in [-0.2, 0) is 14.4 Å². The summed E-state index contributed by atoms with van der Waals surface area (Å²) in [4.78, 5) is 14.9. The maximum atomic E-state index is 10.8. The molecule has 0 saturated carbocycles. The summed E-state index contributed by atoms with van der Waals surface area (Å²) in [7, 11) is 0. The number of hydrogen-bond donors (Lipinski definition) is 1. The molecule has 1 fully saturated rings. The third-order valence-corrected chi connectivity index (χ3v) is 2.80. The summed E-state index contributed by atoms with van der Waals surface area (Å²) >= 11 is 2.23. The van der Waals surface area contributed by atoms with E-state index in [2.05, 4.69) is 27.4 Å². The maximum Gasteiger partial charge on any atom is 0.324 e. The van der Waals surface area contributed by atoms with Gasteiger partial charge >= 0.3 is 5.97 Å². The van der Waals surface area contributed by atoms with E-state index in [0.29, 0.717) is 12.3 Å². The molecule has 0 bridgehead atoms. The lowest BCUT2D eigenvalue weighted by Gasteiger charge is -2.24. The van der Waals surface area contributed by atoms with Crippen LogP contribution in [0.2, 0.25) is 0 Å². The molecule has 1 unspecified atom stereocenters. The number of ether oxygens (including phenoxy) is 1. The molecule has 0 aliphatic carbocycles. The van der Waals surface area contributed by atoms with Crippen LogP contribution >= 0.6 is 22.6 Å². The summed E-state index contributed by atoms with van der Waals surface area (Å²) in [6.07, 6.45) is 2.25. The molecule has 1 saturated heterocycles. The Morgan fingerprint density at radius 1 is 1.75 bits per heavy atom. The van der Waals surface area contributed by atoms with Gasteiger partial charge in [-0.2, -0.15) is 5.90 Å². The molecule has 0 amide bonds. The predicted octanol–water partition coefficient (Wildman–Crippen LogP) is 0.981. The van der Waals surface area contributed by atoms with E-state index in [1.165, 1.54) is 0 Å². The summed E-state index contributed by atoms with van der Waals surface area (Å²) < 4.78 is 5.56. The number of nitrogens with two attached hydrogens (primary N) is 1. The first-order valence-electron chi connectivity index (χ1n) is 3.87. The Balaban J connectivity index is 2.27. The quantitative estimate of drug-likeness (QED) is 0.467. The molecule has 4 nitrogen and oxygen atoms in total. The van der Waals surface area contributed by atoms with Crippen molar-refractivity contribution in [2.24, 2.45) is 11.8 Å². The van der Waals surface area contributed by atoms with Gasteiger partial charge in [0.2, 0.25) is 0 Å². The van der Waals surface area contributed by atoms with Crippen molar-refractivity contribution in [3.8, 4) is 0 Å². The maximum absolute atomic E-state index is 10.8. The van der Waals surface area contributed by atoms with E-state index in [-0.39, 0.29) is 10.1 Å². The predicted molar refractivity (Wildman–Crippen MR) is 51.4 cm³/mol. The van der Waals surface area contributed by atoms with Crippen LogP contribution < -0.4 is 5.90 Å². The zero-order valence-corrected chi connectivity index (χ0v) is 8.82. The van der Waals surface area contributed by atoms with Gasteiger partial charge in [-0.05, 0) is 18.8 Å². The molecule has 0 aromatic carbocycles. The molecule has 0 aromatic rings. The zero-order chi connectivity index (χ0) is 8.97. The van der Waals surface area contributed by atoms with Crippen molar-refractivity contribution < 1.29 is 14.4 Å². The second kappa shape index (κ2) is 4.98. The Morgan fingerprint density at radius 2 is 2.50 bits per heavy atom. The molecule has 1 aliphatic rings. The average molecular weight is 285 g/mol. The van der Waals surface area contributed by atoms with Crippen molar-refractivity contribution in [3.05, 3.63) is 0 Å². The van der Waals surface area contributed by atoms with Crippen LogP contribution in [0.5, 0.6) is 0 Å². The fourth-order valence-corrected chi connectivity index (χ4v) is 2.25. The Hall–Kier alpha value is 0.120. The molecule has 1 aliphatic heterocycles. The minimum Gasteiger partial charge on any atom is -0.373 e. The number of hydrogen-bond acceptors (Lipinski definition) is 4. The van der Waals surface area contributed by atoms with Crippen molar-refractivity contribution in [2.45, 2.75) is 23.4 Å².